The Morgan fingerprint density at radius 2 is 1.97 bits per heavy atom. The van der Waals surface area contributed by atoms with Gasteiger partial charge in [0.2, 0.25) is 11.9 Å². The molecule has 0 saturated heterocycles. The van der Waals surface area contributed by atoms with Gasteiger partial charge in [-0.3, -0.25) is 4.98 Å². The number of nitrogen functional groups attached to an aromatic ring is 2. The zero-order chi connectivity index (χ0) is 23.9. The summed E-state index contributed by atoms with van der Waals surface area (Å²) in [5, 5.41) is 22.6. The molecule has 12 nitrogen and oxygen atoms in total. The molecule has 2 aromatic heterocycles. The second-order valence-electron chi connectivity index (χ2n) is 7.03. The van der Waals surface area contributed by atoms with Gasteiger partial charge in [0.1, 0.15) is 11.9 Å². The number of hydrogen-bond acceptors (Lipinski definition) is 10. The first-order chi connectivity index (χ1) is 15.0. The summed E-state index contributed by atoms with van der Waals surface area (Å²) in [6.07, 6.45) is 3.10. The normalized spacial score (nSPS) is 14.3. The molecule has 0 amide bonds. The number of fused-ring (bicyclic) bond motifs is 2. The molecule has 0 bridgehead atoms. The molecule has 0 aliphatic heterocycles. The lowest BCUT2D eigenvalue weighted by Gasteiger charge is -2.25. The van der Waals surface area contributed by atoms with Crippen molar-refractivity contribution >= 4 is 34.8 Å². The smallest absolute Gasteiger partial charge is 0.332 e. The maximum Gasteiger partial charge on any atom is 0.332 e. The van der Waals surface area contributed by atoms with Crippen molar-refractivity contribution in [2.75, 3.05) is 18.1 Å². The molecular weight excluding hydrogens is 416 g/mol. The molecule has 1 aromatic carbocycles. The van der Waals surface area contributed by atoms with Crippen LogP contribution in [0, 0.1) is 0 Å². The van der Waals surface area contributed by atoms with E-state index in [-0.39, 0.29) is 11.9 Å². The number of aliphatic carboxylic acids is 1. The number of nitrogens with zero attached hydrogens (tertiary/aromatic N) is 3. The minimum absolute atomic E-state index is 0.178. The molecule has 4 rings (SSSR count). The molecule has 1 unspecified atom stereocenters. The number of aromatic amines is 1. The Morgan fingerprint density at radius 3 is 2.47 bits per heavy atom. The number of anilines is 2. The van der Waals surface area contributed by atoms with Gasteiger partial charge in [-0.15, -0.1) is 5.10 Å². The van der Waals surface area contributed by atoms with Gasteiger partial charge in [-0.2, -0.15) is 4.98 Å². The molecule has 172 valence electrons. The van der Waals surface area contributed by atoms with Crippen LogP contribution >= 0.6 is 0 Å². The van der Waals surface area contributed by atoms with Crippen molar-refractivity contribution in [3.05, 3.63) is 41.6 Å². The number of nitrogens with two attached hydrogens (primary N) is 4. The number of H-pyrrole nitrogens is 1. The molecule has 2 heterocycles. The minimum Gasteiger partial charge on any atom is -0.494 e. The Bertz CT molecular complexity index is 1080. The van der Waals surface area contributed by atoms with Crippen LogP contribution in [0.15, 0.2) is 30.3 Å². The third-order valence-corrected chi connectivity index (χ3v) is 4.13. The van der Waals surface area contributed by atoms with Crippen molar-refractivity contribution in [2.24, 2.45) is 11.5 Å². The number of aliphatic hydroxyl groups is 1. The summed E-state index contributed by atoms with van der Waals surface area (Å²) in [6.45, 7) is 3.83. The van der Waals surface area contributed by atoms with Crippen molar-refractivity contribution in [3.8, 4) is 5.75 Å². The quantitative estimate of drug-likeness (QED) is 0.271. The lowest BCUT2D eigenvalue weighted by Crippen LogP contribution is -2.50. The van der Waals surface area contributed by atoms with Crippen LogP contribution in [0.1, 0.15) is 25.1 Å². The third kappa shape index (κ3) is 7.19. The molecule has 12 heteroatoms. The van der Waals surface area contributed by atoms with Crippen molar-refractivity contribution in [2.45, 2.75) is 32.0 Å². The number of rotatable bonds is 3. The summed E-state index contributed by atoms with van der Waals surface area (Å²) in [6, 6.07) is 8.01. The number of carboxylic acid groups (broad SMARTS) is 1. The molecular formula is C20H28N8O4. The third-order valence-electron chi connectivity index (χ3n) is 4.13. The standard InChI is InChI=1S/C15H17N3O.C3H6O3.C2H5N5/c1-2-19-12-3-4-13-11(8-12)7-10-5-6-15(16,17)9-14(10)18-13;1-2(4)3(5)6;3-1-5-2(4)7-6-1/h3-8H,2,9,16-17H2,1H3;2,4H,1H3,(H,5,6);(H5,3,4,5,6,7). The Morgan fingerprint density at radius 1 is 1.28 bits per heavy atom. The monoisotopic (exact) mass is 444 g/mol. The molecule has 11 N–H and O–H groups in total. The fraction of sp³-hybridized carbons (Fsp3) is 0.300. The van der Waals surface area contributed by atoms with Crippen LogP contribution in [0.5, 0.6) is 5.75 Å². The van der Waals surface area contributed by atoms with E-state index in [1.54, 1.807) is 0 Å². The molecule has 0 radical (unpaired) electrons. The highest BCUT2D eigenvalue weighted by Gasteiger charge is 2.23. The van der Waals surface area contributed by atoms with E-state index in [4.69, 9.17) is 37.9 Å². The highest BCUT2D eigenvalue weighted by Crippen LogP contribution is 2.26. The molecule has 32 heavy (non-hydrogen) atoms. The zero-order valence-corrected chi connectivity index (χ0v) is 17.8. The second-order valence-corrected chi connectivity index (χ2v) is 7.03. The first kappa shape index (κ1) is 24.5. The predicted octanol–water partition coefficient (Wildman–Crippen LogP) is 0.237. The average molecular weight is 444 g/mol. The number of aliphatic hydroxyl groups excluding tert-OH is 1. The molecule has 0 fully saturated rings. The van der Waals surface area contributed by atoms with Crippen molar-refractivity contribution in [1.82, 2.24) is 20.2 Å². The van der Waals surface area contributed by atoms with Crippen LogP contribution < -0.4 is 27.7 Å². The number of benzene rings is 1. The fourth-order valence-corrected chi connectivity index (χ4v) is 2.64. The van der Waals surface area contributed by atoms with Crippen molar-refractivity contribution < 1.29 is 19.7 Å². The van der Waals surface area contributed by atoms with E-state index in [1.807, 2.05) is 37.3 Å². The molecule has 0 spiro atoms. The SMILES string of the molecule is CC(O)C(=O)O.CCOc1ccc2nc3c(cc2c1)C=CC(N)(N)C3.Nc1n[nH]c(N)n1. The average Bonchev–Trinajstić information content (AvgIpc) is 3.09. The molecule has 0 saturated carbocycles. The van der Waals surface area contributed by atoms with Crippen LogP contribution in [-0.4, -0.2) is 54.7 Å². The summed E-state index contributed by atoms with van der Waals surface area (Å²) in [5.74, 6) is 0.105. The summed E-state index contributed by atoms with van der Waals surface area (Å²) < 4.78 is 5.51. The van der Waals surface area contributed by atoms with Crippen LogP contribution in [0.25, 0.3) is 17.0 Å². The molecule has 1 atom stereocenters. The van der Waals surface area contributed by atoms with Gasteiger partial charge in [0.05, 0.1) is 23.5 Å². The maximum absolute atomic E-state index is 9.45. The first-order valence-corrected chi connectivity index (χ1v) is 9.68. The highest BCUT2D eigenvalue weighted by atomic mass is 16.5. The Labute approximate surface area is 184 Å². The second kappa shape index (κ2) is 10.5. The summed E-state index contributed by atoms with van der Waals surface area (Å²) in [5.41, 5.74) is 24.1. The lowest BCUT2D eigenvalue weighted by molar-refractivity contribution is -0.145. The van der Waals surface area contributed by atoms with Crippen LogP contribution in [0.4, 0.5) is 11.9 Å². The van der Waals surface area contributed by atoms with Gasteiger partial charge >= 0.3 is 5.97 Å². The summed E-state index contributed by atoms with van der Waals surface area (Å²) in [4.78, 5) is 17.6. The number of carbonyl (C=O) groups is 1. The van der Waals surface area contributed by atoms with Gasteiger partial charge in [-0.1, -0.05) is 6.08 Å². The van der Waals surface area contributed by atoms with E-state index >= 15 is 0 Å². The maximum atomic E-state index is 9.45. The number of pyridine rings is 1. The van der Waals surface area contributed by atoms with Crippen molar-refractivity contribution in [3.63, 3.8) is 0 Å². The summed E-state index contributed by atoms with van der Waals surface area (Å²) in [7, 11) is 0. The van der Waals surface area contributed by atoms with E-state index < -0.39 is 17.7 Å². The van der Waals surface area contributed by atoms with Gasteiger partial charge in [-0.25, -0.2) is 9.89 Å². The first-order valence-electron chi connectivity index (χ1n) is 9.68. The van der Waals surface area contributed by atoms with E-state index in [1.165, 1.54) is 6.92 Å². The van der Waals surface area contributed by atoms with Crippen LogP contribution in [0.2, 0.25) is 0 Å². The molecule has 1 aliphatic rings. The van der Waals surface area contributed by atoms with Gasteiger partial charge in [0.25, 0.3) is 0 Å². The minimum atomic E-state index is -1.23. The fourth-order valence-electron chi connectivity index (χ4n) is 2.64. The Balaban J connectivity index is 0.000000230. The lowest BCUT2D eigenvalue weighted by atomic mass is 9.94. The largest absolute Gasteiger partial charge is 0.494 e. The zero-order valence-electron chi connectivity index (χ0n) is 17.8. The van der Waals surface area contributed by atoms with E-state index in [0.717, 1.165) is 27.9 Å². The molecule has 1 aliphatic carbocycles. The van der Waals surface area contributed by atoms with Crippen LogP contribution in [0.3, 0.4) is 0 Å². The summed E-state index contributed by atoms with van der Waals surface area (Å²) >= 11 is 0. The van der Waals surface area contributed by atoms with Gasteiger partial charge in [0, 0.05) is 11.8 Å². The van der Waals surface area contributed by atoms with Crippen molar-refractivity contribution in [1.29, 1.82) is 0 Å². The Kier molecular flexibility index (Phi) is 8.07. The number of ether oxygens (including phenoxy) is 1. The van der Waals surface area contributed by atoms with E-state index in [9.17, 15) is 4.79 Å². The highest BCUT2D eigenvalue weighted by molar-refractivity contribution is 5.83. The number of aromatic nitrogens is 4. The molecule has 3 aromatic rings. The van der Waals surface area contributed by atoms with Gasteiger partial charge in [0.15, 0.2) is 0 Å². The van der Waals surface area contributed by atoms with E-state index in [0.29, 0.717) is 13.0 Å². The topological polar surface area (TPSA) is 225 Å². The number of nitrogens with one attached hydrogen (secondary N) is 1. The number of carboxylic acids is 1. The number of hydrogen-bond donors (Lipinski definition) is 7. The van der Waals surface area contributed by atoms with Crippen LogP contribution in [-0.2, 0) is 11.2 Å². The Hall–Kier alpha value is -3.74. The predicted molar refractivity (Wildman–Crippen MR) is 121 cm³/mol. The van der Waals surface area contributed by atoms with Gasteiger partial charge in [-0.05, 0) is 49.8 Å². The van der Waals surface area contributed by atoms with Gasteiger partial charge < -0.3 is 37.9 Å². The van der Waals surface area contributed by atoms with E-state index in [2.05, 4.69) is 26.2 Å².